The number of amides is 2. The van der Waals surface area contributed by atoms with Gasteiger partial charge in [-0.2, -0.15) is 0 Å². The molecule has 0 saturated heterocycles. The second kappa shape index (κ2) is 6.83. The van der Waals surface area contributed by atoms with Crippen molar-refractivity contribution in [3.63, 3.8) is 0 Å². The maximum Gasteiger partial charge on any atom is 0.223 e. The van der Waals surface area contributed by atoms with Crippen molar-refractivity contribution in [2.24, 2.45) is 35.5 Å². The minimum atomic E-state index is 0.156. The summed E-state index contributed by atoms with van der Waals surface area (Å²) < 4.78 is 0. The summed E-state index contributed by atoms with van der Waals surface area (Å²) in [4.78, 5) is 25.6. The molecule has 0 radical (unpaired) electrons. The van der Waals surface area contributed by atoms with Crippen LogP contribution in [0.25, 0.3) is 0 Å². The molecular weight excluding hydrogens is 324 g/mol. The third kappa shape index (κ3) is 3.07. The first-order chi connectivity index (χ1) is 12.7. The maximum absolute atomic E-state index is 12.8. The first kappa shape index (κ1) is 17.1. The van der Waals surface area contributed by atoms with Gasteiger partial charge in [-0.1, -0.05) is 38.5 Å². The Morgan fingerprint density at radius 2 is 0.808 bits per heavy atom. The van der Waals surface area contributed by atoms with E-state index in [0.717, 1.165) is 12.8 Å². The molecule has 5 aliphatic rings. The van der Waals surface area contributed by atoms with Gasteiger partial charge in [-0.05, 0) is 62.2 Å². The second-order valence-corrected chi connectivity index (χ2v) is 9.79. The quantitative estimate of drug-likeness (QED) is 0.809. The number of nitrogens with one attached hydrogen (secondary N) is 2. The number of fused-ring (bicyclic) bond motifs is 2. The standard InChI is InChI=1S/C22H34N2O2/c25-21(19-13-7-1-2-8-14(13)19)23-17-11-5-6-12-18(17)24-22(26)20-15-9-3-4-10-16(15)20/h13-20H,1-12H2,(H,23,25)(H,24,26). The van der Waals surface area contributed by atoms with E-state index in [1.165, 1.54) is 64.2 Å². The highest BCUT2D eigenvalue weighted by Gasteiger charge is 2.56. The minimum Gasteiger partial charge on any atom is -0.351 e. The first-order valence-electron chi connectivity index (χ1n) is 11.3. The highest BCUT2D eigenvalue weighted by molar-refractivity contribution is 5.84. The van der Waals surface area contributed by atoms with Crippen LogP contribution in [0.2, 0.25) is 0 Å². The van der Waals surface area contributed by atoms with Gasteiger partial charge in [-0.3, -0.25) is 9.59 Å². The van der Waals surface area contributed by atoms with Crippen molar-refractivity contribution in [1.29, 1.82) is 0 Å². The molecule has 2 amide bonds. The third-order valence-corrected chi connectivity index (χ3v) is 8.34. The largest absolute Gasteiger partial charge is 0.351 e. The average molecular weight is 359 g/mol. The monoisotopic (exact) mass is 358 g/mol. The highest BCUT2D eigenvalue weighted by atomic mass is 16.2. The Morgan fingerprint density at radius 1 is 0.500 bits per heavy atom. The van der Waals surface area contributed by atoms with Crippen LogP contribution in [-0.2, 0) is 9.59 Å². The van der Waals surface area contributed by atoms with Crippen molar-refractivity contribution in [3.05, 3.63) is 0 Å². The lowest BCUT2D eigenvalue weighted by atomic mass is 9.89. The van der Waals surface area contributed by atoms with Crippen LogP contribution in [0.15, 0.2) is 0 Å². The van der Waals surface area contributed by atoms with Crippen LogP contribution in [0.3, 0.4) is 0 Å². The molecule has 5 saturated carbocycles. The van der Waals surface area contributed by atoms with Gasteiger partial charge in [0.05, 0.1) is 0 Å². The highest BCUT2D eigenvalue weighted by Crippen LogP contribution is 2.56. The average Bonchev–Trinajstić information content (AvgIpc) is 3.55. The number of rotatable bonds is 4. The van der Waals surface area contributed by atoms with Crippen LogP contribution in [0.5, 0.6) is 0 Å². The molecule has 2 N–H and O–H groups in total. The Kier molecular flexibility index (Phi) is 4.48. The van der Waals surface area contributed by atoms with Gasteiger partial charge in [0, 0.05) is 23.9 Å². The predicted octanol–water partition coefficient (Wildman–Crippen LogP) is 3.40. The van der Waals surface area contributed by atoms with Crippen molar-refractivity contribution in [2.75, 3.05) is 0 Å². The van der Waals surface area contributed by atoms with Crippen molar-refractivity contribution < 1.29 is 9.59 Å². The van der Waals surface area contributed by atoms with E-state index >= 15 is 0 Å². The van der Waals surface area contributed by atoms with Crippen molar-refractivity contribution in [3.8, 4) is 0 Å². The summed E-state index contributed by atoms with van der Waals surface area (Å²) in [6, 6.07) is 0.312. The Morgan fingerprint density at radius 3 is 1.15 bits per heavy atom. The SMILES string of the molecule is O=C(NC1CCCCC1NC(=O)C1C2CCCCC21)C1C2CCCCC21. The van der Waals surface area contributed by atoms with Crippen LogP contribution < -0.4 is 10.6 Å². The van der Waals surface area contributed by atoms with E-state index in [4.69, 9.17) is 0 Å². The van der Waals surface area contributed by atoms with Gasteiger partial charge in [0.15, 0.2) is 0 Å². The van der Waals surface area contributed by atoms with Crippen molar-refractivity contribution >= 4 is 11.8 Å². The van der Waals surface area contributed by atoms with Crippen LogP contribution in [-0.4, -0.2) is 23.9 Å². The summed E-state index contributed by atoms with van der Waals surface area (Å²) in [5.74, 6) is 3.78. The summed E-state index contributed by atoms with van der Waals surface area (Å²) in [6.07, 6.45) is 14.6. The van der Waals surface area contributed by atoms with Crippen LogP contribution in [0.4, 0.5) is 0 Å². The molecule has 5 rings (SSSR count). The van der Waals surface area contributed by atoms with Crippen LogP contribution in [0, 0.1) is 35.5 Å². The van der Waals surface area contributed by atoms with Gasteiger partial charge in [-0.15, -0.1) is 0 Å². The Labute approximate surface area is 157 Å². The van der Waals surface area contributed by atoms with Crippen molar-refractivity contribution in [1.82, 2.24) is 10.6 Å². The Bertz CT molecular complexity index is 502. The zero-order chi connectivity index (χ0) is 17.7. The van der Waals surface area contributed by atoms with Crippen LogP contribution >= 0.6 is 0 Å². The molecule has 0 heterocycles. The second-order valence-electron chi connectivity index (χ2n) is 9.79. The fourth-order valence-electron chi connectivity index (χ4n) is 6.80. The lowest BCUT2D eigenvalue weighted by Crippen LogP contribution is -2.54. The maximum atomic E-state index is 12.8. The fraction of sp³-hybridized carbons (Fsp3) is 0.909. The van der Waals surface area contributed by atoms with Crippen molar-refractivity contribution in [2.45, 2.75) is 89.1 Å². The lowest BCUT2D eigenvalue weighted by Gasteiger charge is -2.33. The smallest absolute Gasteiger partial charge is 0.223 e. The van der Waals surface area contributed by atoms with E-state index in [9.17, 15) is 9.59 Å². The summed E-state index contributed by atoms with van der Waals surface area (Å²) >= 11 is 0. The summed E-state index contributed by atoms with van der Waals surface area (Å²) in [5, 5.41) is 6.72. The minimum absolute atomic E-state index is 0.156. The third-order valence-electron chi connectivity index (χ3n) is 8.34. The Hall–Kier alpha value is -1.06. The van der Waals surface area contributed by atoms with Gasteiger partial charge in [-0.25, -0.2) is 0 Å². The molecule has 0 bridgehead atoms. The zero-order valence-corrected chi connectivity index (χ0v) is 15.9. The van der Waals surface area contributed by atoms with Gasteiger partial charge < -0.3 is 10.6 Å². The molecule has 0 aromatic rings. The number of hydrogen-bond acceptors (Lipinski definition) is 2. The van der Waals surface area contributed by atoms with E-state index in [1.54, 1.807) is 0 Å². The summed E-state index contributed by atoms with van der Waals surface area (Å²) in [5.41, 5.74) is 0. The summed E-state index contributed by atoms with van der Waals surface area (Å²) in [6.45, 7) is 0. The first-order valence-corrected chi connectivity index (χ1v) is 11.3. The Balaban J connectivity index is 1.17. The lowest BCUT2D eigenvalue weighted by molar-refractivity contribution is -0.126. The molecule has 0 aliphatic heterocycles. The van der Waals surface area contributed by atoms with Gasteiger partial charge in [0.25, 0.3) is 0 Å². The predicted molar refractivity (Wildman–Crippen MR) is 100 cm³/mol. The fourth-order valence-corrected chi connectivity index (χ4v) is 6.80. The summed E-state index contributed by atoms with van der Waals surface area (Å²) in [7, 11) is 0. The van der Waals surface area contributed by atoms with Crippen LogP contribution in [0.1, 0.15) is 77.0 Å². The number of hydrogen-bond donors (Lipinski definition) is 2. The normalized spacial score (nSPS) is 46.5. The molecule has 0 spiro atoms. The van der Waals surface area contributed by atoms with E-state index in [0.29, 0.717) is 23.7 Å². The van der Waals surface area contributed by atoms with Gasteiger partial charge in [0.2, 0.25) is 11.8 Å². The number of carbonyl (C=O) groups is 2. The van der Waals surface area contributed by atoms with Gasteiger partial charge in [0.1, 0.15) is 0 Å². The number of carbonyl (C=O) groups excluding carboxylic acids is 2. The molecule has 6 unspecified atom stereocenters. The van der Waals surface area contributed by atoms with E-state index in [-0.39, 0.29) is 35.7 Å². The van der Waals surface area contributed by atoms with E-state index < -0.39 is 0 Å². The van der Waals surface area contributed by atoms with E-state index in [2.05, 4.69) is 10.6 Å². The van der Waals surface area contributed by atoms with E-state index in [1.807, 2.05) is 0 Å². The molecule has 0 aromatic carbocycles. The molecule has 26 heavy (non-hydrogen) atoms. The van der Waals surface area contributed by atoms with Gasteiger partial charge >= 0.3 is 0 Å². The molecule has 5 aliphatic carbocycles. The molecule has 5 fully saturated rings. The topological polar surface area (TPSA) is 58.2 Å². The molecule has 4 heteroatoms. The molecular formula is C22H34N2O2. The molecule has 144 valence electrons. The zero-order valence-electron chi connectivity index (χ0n) is 15.9. The molecule has 4 nitrogen and oxygen atoms in total. The molecule has 0 aromatic heterocycles. The molecule has 6 atom stereocenters.